The van der Waals surface area contributed by atoms with Crippen molar-refractivity contribution in [1.82, 2.24) is 9.88 Å². The molecule has 1 unspecified atom stereocenters. The molecule has 1 aromatic heterocycles. The van der Waals surface area contributed by atoms with Crippen molar-refractivity contribution in [3.05, 3.63) is 42.3 Å². The lowest BCUT2D eigenvalue weighted by molar-refractivity contribution is -0.129. The van der Waals surface area contributed by atoms with Crippen LogP contribution in [0.4, 0.5) is 20.7 Å². The zero-order chi connectivity index (χ0) is 23.7. The van der Waals surface area contributed by atoms with Crippen LogP contribution in [0.15, 0.2) is 36.5 Å². The van der Waals surface area contributed by atoms with Gasteiger partial charge < -0.3 is 20.3 Å². The Morgan fingerprint density at radius 2 is 1.91 bits per heavy atom. The number of amides is 3. The summed E-state index contributed by atoms with van der Waals surface area (Å²) >= 11 is 0. The highest BCUT2D eigenvalue weighted by Crippen LogP contribution is 2.30. The average Bonchev–Trinajstić information content (AvgIpc) is 3.20. The molecule has 9 nitrogen and oxygen atoms in total. The molecule has 3 heterocycles. The van der Waals surface area contributed by atoms with Gasteiger partial charge in [-0.1, -0.05) is 0 Å². The van der Waals surface area contributed by atoms with Gasteiger partial charge in [0.25, 0.3) is 0 Å². The van der Waals surface area contributed by atoms with Crippen molar-refractivity contribution >= 4 is 29.4 Å². The number of pyridine rings is 1. The molecule has 0 bridgehead atoms. The fourth-order valence-corrected chi connectivity index (χ4v) is 4.03. The van der Waals surface area contributed by atoms with Gasteiger partial charge >= 0.3 is 6.09 Å². The monoisotopic (exact) mass is 455 g/mol. The van der Waals surface area contributed by atoms with Crippen molar-refractivity contribution in [2.75, 3.05) is 42.5 Å². The Balaban J connectivity index is 1.46. The summed E-state index contributed by atoms with van der Waals surface area (Å²) in [5.41, 5.74) is 6.60. The van der Waals surface area contributed by atoms with Crippen LogP contribution >= 0.6 is 0 Å². The predicted octanol–water partition coefficient (Wildman–Crippen LogP) is 2.00. The van der Waals surface area contributed by atoms with Gasteiger partial charge in [-0.15, -0.1) is 0 Å². The lowest BCUT2D eigenvalue weighted by atomic mass is 10.0. The van der Waals surface area contributed by atoms with Gasteiger partial charge in [0.2, 0.25) is 11.8 Å². The summed E-state index contributed by atoms with van der Waals surface area (Å²) in [7, 11) is 0. The molecule has 2 aliphatic rings. The fourth-order valence-electron chi connectivity index (χ4n) is 4.03. The van der Waals surface area contributed by atoms with E-state index in [0.29, 0.717) is 43.0 Å². The average molecular weight is 455 g/mol. The number of halogens is 1. The first kappa shape index (κ1) is 22.5. The predicted molar refractivity (Wildman–Crippen MR) is 120 cm³/mol. The Kier molecular flexibility index (Phi) is 6.17. The van der Waals surface area contributed by atoms with Crippen LogP contribution in [0.1, 0.15) is 13.8 Å². The highest BCUT2D eigenvalue weighted by molar-refractivity contribution is 5.91. The van der Waals surface area contributed by atoms with Gasteiger partial charge in [-0.25, -0.2) is 14.2 Å². The smallest absolute Gasteiger partial charge is 0.414 e. The molecule has 33 heavy (non-hydrogen) atoms. The molecule has 174 valence electrons. The van der Waals surface area contributed by atoms with Crippen LogP contribution in [-0.2, 0) is 14.3 Å². The van der Waals surface area contributed by atoms with Crippen molar-refractivity contribution in [3.63, 3.8) is 0 Å². The number of rotatable bonds is 5. The summed E-state index contributed by atoms with van der Waals surface area (Å²) in [5.74, 6) is -0.868. The van der Waals surface area contributed by atoms with E-state index >= 15 is 0 Å². The van der Waals surface area contributed by atoms with Gasteiger partial charge in [-0.2, -0.15) is 0 Å². The van der Waals surface area contributed by atoms with Gasteiger partial charge in [0, 0.05) is 50.4 Å². The Bertz CT molecular complexity index is 1070. The minimum absolute atomic E-state index is 0.0666. The quantitative estimate of drug-likeness (QED) is 0.739. The standard InChI is InChI=1S/C23H26FN5O4/c1-14(22(25)31)20-13-29(23(32)33-20)17-4-5-18(19(24)11-17)16-3-6-21(26-12-16)28-9-7-27(8-10-28)15(2)30/h3-6,11-12,14,20H,7-10,13H2,1-2H3,(H2,25,31)/t14-,20?/m0/s1. The molecule has 2 aliphatic heterocycles. The molecule has 4 rings (SSSR count). The molecule has 2 aromatic rings. The number of hydrogen-bond acceptors (Lipinski definition) is 6. The number of cyclic esters (lactones) is 1. The van der Waals surface area contributed by atoms with E-state index in [1.54, 1.807) is 43.1 Å². The number of hydrogen-bond donors (Lipinski definition) is 1. The van der Waals surface area contributed by atoms with Crippen LogP contribution in [0.2, 0.25) is 0 Å². The maximum atomic E-state index is 14.9. The first-order valence-corrected chi connectivity index (χ1v) is 10.8. The number of nitrogens with zero attached hydrogens (tertiary/aromatic N) is 4. The molecule has 2 fully saturated rings. The zero-order valence-electron chi connectivity index (χ0n) is 18.5. The molecule has 0 saturated carbocycles. The maximum absolute atomic E-state index is 14.9. The topological polar surface area (TPSA) is 109 Å². The maximum Gasteiger partial charge on any atom is 0.414 e. The second kappa shape index (κ2) is 9.05. The number of anilines is 2. The van der Waals surface area contributed by atoms with E-state index in [4.69, 9.17) is 10.5 Å². The first-order valence-electron chi connectivity index (χ1n) is 10.8. The molecular formula is C23H26FN5O4. The Morgan fingerprint density at radius 1 is 1.18 bits per heavy atom. The summed E-state index contributed by atoms with van der Waals surface area (Å²) in [6.45, 7) is 5.95. The van der Waals surface area contributed by atoms with E-state index in [9.17, 15) is 18.8 Å². The van der Waals surface area contributed by atoms with Crippen LogP contribution in [0.3, 0.4) is 0 Å². The van der Waals surface area contributed by atoms with Crippen molar-refractivity contribution < 1.29 is 23.5 Å². The third kappa shape index (κ3) is 4.59. The molecule has 3 amide bonds. The molecule has 2 saturated heterocycles. The number of aromatic nitrogens is 1. The first-order chi connectivity index (χ1) is 15.7. The summed E-state index contributed by atoms with van der Waals surface area (Å²) in [5, 5.41) is 0. The second-order valence-electron chi connectivity index (χ2n) is 8.29. The SMILES string of the molecule is CC(=O)N1CCN(c2ccc(-c3ccc(N4CC([C@H](C)C(N)=O)OC4=O)cc3F)cn2)CC1. The summed E-state index contributed by atoms with van der Waals surface area (Å²) < 4.78 is 20.2. The van der Waals surface area contributed by atoms with Crippen LogP contribution in [0.25, 0.3) is 11.1 Å². The van der Waals surface area contributed by atoms with Gasteiger partial charge in [0.05, 0.1) is 18.2 Å². The zero-order valence-corrected chi connectivity index (χ0v) is 18.5. The van der Waals surface area contributed by atoms with E-state index in [2.05, 4.69) is 9.88 Å². The Labute approximate surface area is 190 Å². The number of primary amides is 1. The van der Waals surface area contributed by atoms with Crippen LogP contribution in [-0.4, -0.2) is 66.6 Å². The second-order valence-corrected chi connectivity index (χ2v) is 8.29. The minimum Gasteiger partial charge on any atom is -0.443 e. The minimum atomic E-state index is -0.674. The number of carbonyl (C=O) groups is 3. The number of piperazine rings is 1. The molecule has 0 radical (unpaired) electrons. The fraction of sp³-hybridized carbons (Fsp3) is 0.391. The van der Waals surface area contributed by atoms with Crippen molar-refractivity contribution in [3.8, 4) is 11.1 Å². The highest BCUT2D eigenvalue weighted by Gasteiger charge is 2.38. The lowest BCUT2D eigenvalue weighted by Crippen LogP contribution is -2.48. The van der Waals surface area contributed by atoms with E-state index in [1.165, 1.54) is 11.0 Å². The van der Waals surface area contributed by atoms with E-state index in [0.717, 1.165) is 5.82 Å². The lowest BCUT2D eigenvalue weighted by Gasteiger charge is -2.34. The van der Waals surface area contributed by atoms with Crippen LogP contribution in [0, 0.1) is 11.7 Å². The molecular weight excluding hydrogens is 429 g/mol. The summed E-state index contributed by atoms with van der Waals surface area (Å²) in [6, 6.07) is 8.12. The van der Waals surface area contributed by atoms with Gasteiger partial charge in [0.15, 0.2) is 0 Å². The van der Waals surface area contributed by atoms with E-state index < -0.39 is 29.8 Å². The van der Waals surface area contributed by atoms with E-state index in [1.807, 2.05) is 6.07 Å². The molecule has 2 atom stereocenters. The number of ether oxygens (including phenoxy) is 1. The third-order valence-electron chi connectivity index (χ3n) is 6.21. The molecule has 2 N–H and O–H groups in total. The van der Waals surface area contributed by atoms with Gasteiger partial charge in [-0.3, -0.25) is 14.5 Å². The van der Waals surface area contributed by atoms with Crippen LogP contribution in [0.5, 0.6) is 0 Å². The normalized spacial score (nSPS) is 19.4. The highest BCUT2D eigenvalue weighted by atomic mass is 19.1. The Hall–Kier alpha value is -3.69. The molecule has 10 heteroatoms. The van der Waals surface area contributed by atoms with Crippen molar-refractivity contribution in [2.24, 2.45) is 11.7 Å². The summed E-state index contributed by atoms with van der Waals surface area (Å²) in [6.07, 6.45) is 0.294. The number of carbonyl (C=O) groups excluding carboxylic acids is 3. The largest absolute Gasteiger partial charge is 0.443 e. The summed E-state index contributed by atoms with van der Waals surface area (Å²) in [4.78, 5) is 44.7. The molecule has 0 aliphatic carbocycles. The number of nitrogens with two attached hydrogens (primary N) is 1. The van der Waals surface area contributed by atoms with Gasteiger partial charge in [-0.05, 0) is 37.3 Å². The van der Waals surface area contributed by atoms with Crippen LogP contribution < -0.4 is 15.5 Å². The molecule has 0 spiro atoms. The Morgan fingerprint density at radius 3 is 2.48 bits per heavy atom. The van der Waals surface area contributed by atoms with Crippen molar-refractivity contribution in [2.45, 2.75) is 20.0 Å². The van der Waals surface area contributed by atoms with E-state index in [-0.39, 0.29) is 12.5 Å². The molecule has 1 aromatic carbocycles. The number of benzene rings is 1. The van der Waals surface area contributed by atoms with Crippen molar-refractivity contribution in [1.29, 1.82) is 0 Å². The van der Waals surface area contributed by atoms with Gasteiger partial charge in [0.1, 0.15) is 17.7 Å². The third-order valence-corrected chi connectivity index (χ3v) is 6.21.